The van der Waals surface area contributed by atoms with Crippen molar-refractivity contribution in [3.05, 3.63) is 42.0 Å². The standard InChI is InChI=1S/C20H24N2O3/c1-2-3-10-21-20(24)17-11-14-6-4-5-7-15(14)12-18(17)25-13-19(23)22-16-8-9-16/h4-7,11-12,16H,2-3,8-10,13H2,1H3,(H,21,24)(H,22,23). The molecule has 1 fully saturated rings. The molecule has 1 aliphatic rings. The van der Waals surface area contributed by atoms with E-state index in [2.05, 4.69) is 17.6 Å². The summed E-state index contributed by atoms with van der Waals surface area (Å²) < 4.78 is 5.69. The van der Waals surface area contributed by atoms with Crippen LogP contribution in [0.4, 0.5) is 0 Å². The molecular formula is C20H24N2O3. The fraction of sp³-hybridized carbons (Fsp3) is 0.400. The molecule has 1 aliphatic carbocycles. The average Bonchev–Trinajstić information content (AvgIpc) is 3.43. The van der Waals surface area contributed by atoms with Crippen molar-refractivity contribution in [2.75, 3.05) is 13.2 Å². The third-order valence-electron chi connectivity index (χ3n) is 4.21. The summed E-state index contributed by atoms with van der Waals surface area (Å²) in [7, 11) is 0. The fourth-order valence-corrected chi connectivity index (χ4v) is 2.63. The van der Waals surface area contributed by atoms with Gasteiger partial charge >= 0.3 is 0 Å². The number of hydrogen-bond acceptors (Lipinski definition) is 3. The van der Waals surface area contributed by atoms with Gasteiger partial charge in [0.05, 0.1) is 5.56 Å². The molecule has 25 heavy (non-hydrogen) atoms. The number of nitrogens with one attached hydrogen (secondary N) is 2. The van der Waals surface area contributed by atoms with Gasteiger partial charge in [-0.1, -0.05) is 37.6 Å². The van der Waals surface area contributed by atoms with Crippen molar-refractivity contribution < 1.29 is 14.3 Å². The van der Waals surface area contributed by atoms with E-state index in [4.69, 9.17) is 4.74 Å². The average molecular weight is 340 g/mol. The monoisotopic (exact) mass is 340 g/mol. The smallest absolute Gasteiger partial charge is 0.258 e. The topological polar surface area (TPSA) is 67.4 Å². The first kappa shape index (κ1) is 17.3. The Kier molecular flexibility index (Phi) is 5.53. The van der Waals surface area contributed by atoms with Crippen LogP contribution in [0.2, 0.25) is 0 Å². The van der Waals surface area contributed by atoms with Crippen molar-refractivity contribution in [1.29, 1.82) is 0 Å². The van der Waals surface area contributed by atoms with Crippen LogP contribution in [0.3, 0.4) is 0 Å². The van der Waals surface area contributed by atoms with Crippen molar-refractivity contribution >= 4 is 22.6 Å². The van der Waals surface area contributed by atoms with E-state index >= 15 is 0 Å². The summed E-state index contributed by atoms with van der Waals surface area (Å²) in [6, 6.07) is 11.7. The summed E-state index contributed by atoms with van der Waals surface area (Å²) in [5.74, 6) is 0.128. The van der Waals surface area contributed by atoms with Gasteiger partial charge in [0.15, 0.2) is 6.61 Å². The first-order valence-corrected chi connectivity index (χ1v) is 8.90. The Morgan fingerprint density at radius 1 is 1.16 bits per heavy atom. The molecular weight excluding hydrogens is 316 g/mol. The van der Waals surface area contributed by atoms with Gasteiger partial charge in [-0.05, 0) is 42.2 Å². The molecule has 0 atom stereocenters. The number of unbranched alkanes of at least 4 members (excludes halogenated alkanes) is 1. The van der Waals surface area contributed by atoms with Gasteiger partial charge in [-0.2, -0.15) is 0 Å². The Balaban J connectivity index is 1.78. The van der Waals surface area contributed by atoms with E-state index in [9.17, 15) is 9.59 Å². The Hall–Kier alpha value is -2.56. The molecule has 2 N–H and O–H groups in total. The van der Waals surface area contributed by atoms with Crippen molar-refractivity contribution in [1.82, 2.24) is 10.6 Å². The maximum Gasteiger partial charge on any atom is 0.258 e. The quantitative estimate of drug-likeness (QED) is 0.726. The number of rotatable bonds is 8. The second-order valence-corrected chi connectivity index (χ2v) is 6.44. The lowest BCUT2D eigenvalue weighted by atomic mass is 10.1. The summed E-state index contributed by atoms with van der Waals surface area (Å²) in [5.41, 5.74) is 0.467. The second-order valence-electron chi connectivity index (χ2n) is 6.44. The minimum absolute atomic E-state index is 0.0793. The molecule has 5 nitrogen and oxygen atoms in total. The van der Waals surface area contributed by atoms with Crippen LogP contribution < -0.4 is 15.4 Å². The normalized spacial score (nSPS) is 13.5. The maximum absolute atomic E-state index is 12.5. The number of ether oxygens (including phenoxy) is 1. The number of hydrogen-bond donors (Lipinski definition) is 2. The summed E-state index contributed by atoms with van der Waals surface area (Å²) in [6.07, 6.45) is 4.02. The Bertz CT molecular complexity index is 769. The molecule has 0 unspecified atom stereocenters. The molecule has 132 valence electrons. The largest absolute Gasteiger partial charge is 0.483 e. The van der Waals surface area contributed by atoms with Crippen LogP contribution in [0, 0.1) is 0 Å². The summed E-state index contributed by atoms with van der Waals surface area (Å²) in [6.45, 7) is 2.63. The Morgan fingerprint density at radius 2 is 1.88 bits per heavy atom. The maximum atomic E-state index is 12.5. The molecule has 0 saturated heterocycles. The fourth-order valence-electron chi connectivity index (χ4n) is 2.63. The van der Waals surface area contributed by atoms with E-state index in [0.717, 1.165) is 36.5 Å². The van der Waals surface area contributed by atoms with Crippen LogP contribution in [-0.2, 0) is 4.79 Å². The molecule has 0 aliphatic heterocycles. The van der Waals surface area contributed by atoms with E-state index in [1.807, 2.05) is 36.4 Å². The molecule has 0 radical (unpaired) electrons. The SMILES string of the molecule is CCCCNC(=O)c1cc2ccccc2cc1OCC(=O)NC1CC1. The van der Waals surface area contributed by atoms with Gasteiger partial charge in [-0.3, -0.25) is 9.59 Å². The third-order valence-corrected chi connectivity index (χ3v) is 4.21. The van der Waals surface area contributed by atoms with Gasteiger partial charge in [-0.25, -0.2) is 0 Å². The van der Waals surface area contributed by atoms with Crippen LogP contribution >= 0.6 is 0 Å². The molecule has 1 saturated carbocycles. The van der Waals surface area contributed by atoms with Gasteiger partial charge in [0.25, 0.3) is 11.8 Å². The molecule has 0 heterocycles. The van der Waals surface area contributed by atoms with Gasteiger partial charge in [0, 0.05) is 12.6 Å². The number of carbonyl (C=O) groups excluding carboxylic acids is 2. The summed E-state index contributed by atoms with van der Waals surface area (Å²) >= 11 is 0. The van der Waals surface area contributed by atoms with Crippen LogP contribution in [-0.4, -0.2) is 31.0 Å². The highest BCUT2D eigenvalue weighted by molar-refractivity contribution is 6.01. The lowest BCUT2D eigenvalue weighted by Crippen LogP contribution is -2.31. The van der Waals surface area contributed by atoms with E-state index in [-0.39, 0.29) is 18.4 Å². The molecule has 2 amide bonds. The lowest BCUT2D eigenvalue weighted by Gasteiger charge is -2.13. The van der Waals surface area contributed by atoms with Crippen LogP contribution in [0.15, 0.2) is 36.4 Å². The molecule has 0 spiro atoms. The van der Waals surface area contributed by atoms with Gasteiger partial charge in [0.1, 0.15) is 5.75 Å². The minimum atomic E-state index is -0.170. The van der Waals surface area contributed by atoms with Crippen LogP contribution in [0.1, 0.15) is 43.0 Å². The van der Waals surface area contributed by atoms with Crippen LogP contribution in [0.5, 0.6) is 5.75 Å². The summed E-state index contributed by atoms with van der Waals surface area (Å²) in [4.78, 5) is 24.4. The molecule has 0 bridgehead atoms. The van der Waals surface area contributed by atoms with E-state index in [0.29, 0.717) is 23.9 Å². The van der Waals surface area contributed by atoms with Gasteiger partial charge in [0.2, 0.25) is 0 Å². The first-order valence-electron chi connectivity index (χ1n) is 8.90. The molecule has 2 aromatic carbocycles. The summed E-state index contributed by atoms with van der Waals surface area (Å²) in [5, 5.41) is 7.75. The zero-order valence-electron chi connectivity index (χ0n) is 14.5. The molecule has 5 heteroatoms. The van der Waals surface area contributed by atoms with E-state index in [1.165, 1.54) is 0 Å². The number of carbonyl (C=O) groups is 2. The van der Waals surface area contributed by atoms with E-state index in [1.54, 1.807) is 0 Å². The molecule has 0 aromatic heterocycles. The van der Waals surface area contributed by atoms with Crippen molar-refractivity contribution in [2.24, 2.45) is 0 Å². The third kappa shape index (κ3) is 4.72. The van der Waals surface area contributed by atoms with Gasteiger partial charge < -0.3 is 15.4 Å². The van der Waals surface area contributed by atoms with Crippen LogP contribution in [0.25, 0.3) is 10.8 Å². The van der Waals surface area contributed by atoms with Gasteiger partial charge in [-0.15, -0.1) is 0 Å². The highest BCUT2D eigenvalue weighted by Crippen LogP contribution is 2.26. The predicted octanol–water partition coefficient (Wildman–Crippen LogP) is 3.03. The number of amides is 2. The van der Waals surface area contributed by atoms with Crippen molar-refractivity contribution in [3.8, 4) is 5.75 Å². The Morgan fingerprint density at radius 3 is 2.56 bits per heavy atom. The zero-order chi connectivity index (χ0) is 17.6. The highest BCUT2D eigenvalue weighted by Gasteiger charge is 2.23. The zero-order valence-corrected chi connectivity index (χ0v) is 14.5. The minimum Gasteiger partial charge on any atom is -0.483 e. The Labute approximate surface area is 147 Å². The van der Waals surface area contributed by atoms with Crippen molar-refractivity contribution in [2.45, 2.75) is 38.6 Å². The predicted molar refractivity (Wildman–Crippen MR) is 97.8 cm³/mol. The van der Waals surface area contributed by atoms with Crippen molar-refractivity contribution in [3.63, 3.8) is 0 Å². The number of fused-ring (bicyclic) bond motifs is 1. The second kappa shape index (κ2) is 8.01. The highest BCUT2D eigenvalue weighted by atomic mass is 16.5. The number of benzene rings is 2. The lowest BCUT2D eigenvalue weighted by molar-refractivity contribution is -0.123. The first-order chi connectivity index (χ1) is 12.2. The molecule has 2 aromatic rings. The van der Waals surface area contributed by atoms with E-state index < -0.39 is 0 Å². The molecule has 3 rings (SSSR count).